The number of hydrogen-bond acceptors (Lipinski definition) is 4. The number of hydrogen-bond donors (Lipinski definition) is 0. The van der Waals surface area contributed by atoms with E-state index in [0.29, 0.717) is 24.8 Å². The van der Waals surface area contributed by atoms with E-state index in [4.69, 9.17) is 0 Å². The average molecular weight is 316 g/mol. The third-order valence-corrected chi connectivity index (χ3v) is 7.19. The Morgan fingerprint density at radius 3 is 2.45 bits per heavy atom. The summed E-state index contributed by atoms with van der Waals surface area (Å²) < 4.78 is 26.0. The van der Waals surface area contributed by atoms with Gasteiger partial charge in [-0.05, 0) is 33.1 Å². The van der Waals surface area contributed by atoms with E-state index >= 15 is 0 Å². The topological polar surface area (TPSA) is 50.3 Å². The summed E-state index contributed by atoms with van der Waals surface area (Å²) >= 11 is 1.76. The second-order valence-corrected chi connectivity index (χ2v) is 8.86. The highest BCUT2D eigenvalue weighted by Crippen LogP contribution is 2.33. The summed E-state index contributed by atoms with van der Waals surface area (Å²) in [6.45, 7) is 7.46. The fourth-order valence-corrected chi connectivity index (χ4v) is 5.28. The summed E-state index contributed by atoms with van der Waals surface area (Å²) in [6.07, 6.45) is 3.48. The molecule has 0 spiro atoms. The SMILES string of the molecule is CCCCS(=O)(=O)N1CCC(c2nc(C)c(C)s2)CC1. The first kappa shape index (κ1) is 15.9. The third kappa shape index (κ3) is 3.59. The van der Waals surface area contributed by atoms with Crippen LogP contribution in [0.3, 0.4) is 0 Å². The zero-order valence-electron chi connectivity index (χ0n) is 12.6. The largest absolute Gasteiger partial charge is 0.246 e. The van der Waals surface area contributed by atoms with Gasteiger partial charge in [-0.2, -0.15) is 0 Å². The van der Waals surface area contributed by atoms with Crippen LogP contribution in [0.25, 0.3) is 0 Å². The lowest BCUT2D eigenvalue weighted by atomic mass is 9.99. The van der Waals surface area contributed by atoms with Crippen LogP contribution in [0.4, 0.5) is 0 Å². The molecule has 0 radical (unpaired) electrons. The van der Waals surface area contributed by atoms with Crippen molar-refractivity contribution in [3.05, 3.63) is 15.6 Å². The molecule has 0 N–H and O–H groups in total. The van der Waals surface area contributed by atoms with Gasteiger partial charge in [-0.1, -0.05) is 13.3 Å². The molecule has 0 atom stereocenters. The Morgan fingerprint density at radius 2 is 1.95 bits per heavy atom. The molecule has 1 fully saturated rings. The van der Waals surface area contributed by atoms with Crippen molar-refractivity contribution in [1.29, 1.82) is 0 Å². The van der Waals surface area contributed by atoms with Crippen molar-refractivity contribution in [3.8, 4) is 0 Å². The molecule has 2 heterocycles. The lowest BCUT2D eigenvalue weighted by Crippen LogP contribution is -2.39. The molecule has 0 saturated carbocycles. The van der Waals surface area contributed by atoms with E-state index in [-0.39, 0.29) is 0 Å². The smallest absolute Gasteiger partial charge is 0.214 e. The number of unbranched alkanes of at least 4 members (excludes halogenated alkanes) is 1. The van der Waals surface area contributed by atoms with Crippen LogP contribution >= 0.6 is 11.3 Å². The maximum absolute atomic E-state index is 12.2. The molecule has 6 heteroatoms. The van der Waals surface area contributed by atoms with E-state index in [9.17, 15) is 8.42 Å². The normalized spacial score (nSPS) is 18.6. The molecule has 1 saturated heterocycles. The monoisotopic (exact) mass is 316 g/mol. The van der Waals surface area contributed by atoms with Crippen LogP contribution < -0.4 is 0 Å². The van der Waals surface area contributed by atoms with Crippen molar-refractivity contribution in [2.45, 2.75) is 52.4 Å². The van der Waals surface area contributed by atoms with E-state index < -0.39 is 10.0 Å². The molecule has 0 bridgehead atoms. The van der Waals surface area contributed by atoms with Gasteiger partial charge in [0.15, 0.2) is 0 Å². The predicted molar refractivity (Wildman–Crippen MR) is 83.8 cm³/mol. The second kappa shape index (κ2) is 6.54. The summed E-state index contributed by atoms with van der Waals surface area (Å²) in [5.74, 6) is 0.730. The molecule has 2 rings (SSSR count). The summed E-state index contributed by atoms with van der Waals surface area (Å²) in [4.78, 5) is 5.90. The number of nitrogens with zero attached hydrogens (tertiary/aromatic N) is 2. The number of sulfonamides is 1. The molecule has 1 aliphatic heterocycles. The standard InChI is InChI=1S/C14H24N2O2S2/c1-4-5-10-20(17,18)16-8-6-13(7-9-16)14-15-11(2)12(3)19-14/h13H,4-10H2,1-3H3. The van der Waals surface area contributed by atoms with E-state index in [1.165, 1.54) is 9.88 Å². The minimum absolute atomic E-state index is 0.295. The molecule has 20 heavy (non-hydrogen) atoms. The molecule has 1 aromatic rings. The number of aryl methyl sites for hydroxylation is 2. The lowest BCUT2D eigenvalue weighted by molar-refractivity contribution is 0.318. The van der Waals surface area contributed by atoms with Crippen LogP contribution in [0.15, 0.2) is 0 Å². The van der Waals surface area contributed by atoms with Crippen molar-refractivity contribution >= 4 is 21.4 Å². The van der Waals surface area contributed by atoms with E-state index in [2.05, 4.69) is 11.9 Å². The van der Waals surface area contributed by atoms with Crippen LogP contribution in [0.1, 0.15) is 54.1 Å². The highest BCUT2D eigenvalue weighted by atomic mass is 32.2. The highest BCUT2D eigenvalue weighted by molar-refractivity contribution is 7.89. The predicted octanol–water partition coefficient (Wildman–Crippen LogP) is 3.07. The molecule has 1 aliphatic rings. The summed E-state index contributed by atoms with van der Waals surface area (Å²) in [5.41, 5.74) is 1.11. The molecule has 0 amide bonds. The molecule has 114 valence electrons. The van der Waals surface area contributed by atoms with E-state index in [1.807, 2.05) is 13.8 Å². The quantitative estimate of drug-likeness (QED) is 0.839. The minimum atomic E-state index is -3.04. The van der Waals surface area contributed by atoms with Crippen molar-refractivity contribution < 1.29 is 8.42 Å². The second-order valence-electron chi connectivity index (χ2n) is 5.54. The summed E-state index contributed by atoms with van der Waals surface area (Å²) in [6, 6.07) is 0. The number of thiazole rings is 1. The Balaban J connectivity index is 1.95. The number of rotatable bonds is 5. The van der Waals surface area contributed by atoms with Gasteiger partial charge in [0.2, 0.25) is 10.0 Å². The molecule has 0 unspecified atom stereocenters. The number of piperidine rings is 1. The van der Waals surface area contributed by atoms with E-state index in [0.717, 1.165) is 31.4 Å². The van der Waals surface area contributed by atoms with Gasteiger partial charge in [-0.25, -0.2) is 17.7 Å². The molecule has 0 aliphatic carbocycles. The van der Waals surface area contributed by atoms with Gasteiger partial charge >= 0.3 is 0 Å². The molecular weight excluding hydrogens is 292 g/mol. The van der Waals surface area contributed by atoms with Gasteiger partial charge in [0, 0.05) is 23.9 Å². The van der Waals surface area contributed by atoms with E-state index in [1.54, 1.807) is 15.6 Å². The third-order valence-electron chi connectivity index (χ3n) is 4.00. The van der Waals surface area contributed by atoms with Crippen LogP contribution in [0.5, 0.6) is 0 Å². The molecule has 0 aromatic carbocycles. The van der Waals surface area contributed by atoms with Crippen molar-refractivity contribution in [3.63, 3.8) is 0 Å². The fraction of sp³-hybridized carbons (Fsp3) is 0.786. The zero-order valence-corrected chi connectivity index (χ0v) is 14.2. The first-order valence-corrected chi connectivity index (χ1v) is 9.78. The van der Waals surface area contributed by atoms with Crippen LogP contribution in [0, 0.1) is 13.8 Å². The fourth-order valence-electron chi connectivity index (χ4n) is 2.51. The van der Waals surface area contributed by atoms with Gasteiger partial charge in [-0.15, -0.1) is 11.3 Å². The average Bonchev–Trinajstić information content (AvgIpc) is 2.77. The van der Waals surface area contributed by atoms with Crippen LogP contribution in [-0.4, -0.2) is 36.5 Å². The molecule has 4 nitrogen and oxygen atoms in total. The molecule has 1 aromatic heterocycles. The van der Waals surface area contributed by atoms with Crippen LogP contribution in [0.2, 0.25) is 0 Å². The Kier molecular flexibility index (Phi) is 5.20. The minimum Gasteiger partial charge on any atom is -0.246 e. The Morgan fingerprint density at radius 1 is 1.30 bits per heavy atom. The van der Waals surface area contributed by atoms with Gasteiger partial charge in [-0.3, -0.25) is 0 Å². The maximum atomic E-state index is 12.2. The Labute approximate surface area is 126 Å². The van der Waals surface area contributed by atoms with Crippen molar-refractivity contribution in [1.82, 2.24) is 9.29 Å². The molecular formula is C14H24N2O2S2. The Bertz CT molecular complexity index is 524. The summed E-state index contributed by atoms with van der Waals surface area (Å²) in [7, 11) is -3.04. The van der Waals surface area contributed by atoms with Crippen molar-refractivity contribution in [2.75, 3.05) is 18.8 Å². The first-order valence-electron chi connectivity index (χ1n) is 7.35. The Hall–Kier alpha value is -0.460. The van der Waals surface area contributed by atoms with Gasteiger partial charge in [0.1, 0.15) is 0 Å². The van der Waals surface area contributed by atoms with Crippen LogP contribution in [-0.2, 0) is 10.0 Å². The van der Waals surface area contributed by atoms with Gasteiger partial charge in [0.25, 0.3) is 0 Å². The number of aromatic nitrogens is 1. The highest BCUT2D eigenvalue weighted by Gasteiger charge is 2.29. The zero-order chi connectivity index (χ0) is 14.8. The first-order chi connectivity index (χ1) is 9.44. The van der Waals surface area contributed by atoms with Gasteiger partial charge < -0.3 is 0 Å². The summed E-state index contributed by atoms with van der Waals surface area (Å²) in [5, 5.41) is 1.19. The van der Waals surface area contributed by atoms with Crippen molar-refractivity contribution in [2.24, 2.45) is 0 Å². The van der Waals surface area contributed by atoms with Gasteiger partial charge in [0.05, 0.1) is 16.5 Å². The maximum Gasteiger partial charge on any atom is 0.214 e. The lowest BCUT2D eigenvalue weighted by Gasteiger charge is -2.30.